The molecule has 2 N–H and O–H groups in total. The highest BCUT2D eigenvalue weighted by atomic mass is 14.7. The normalized spacial score (nSPS) is 18.8. The van der Waals surface area contributed by atoms with Crippen molar-refractivity contribution in [3.05, 3.63) is 0 Å². The van der Waals surface area contributed by atoms with E-state index in [0.29, 0.717) is 5.92 Å². The molecule has 0 amide bonds. The van der Waals surface area contributed by atoms with Crippen LogP contribution in [0, 0.1) is 5.92 Å². The van der Waals surface area contributed by atoms with Crippen molar-refractivity contribution in [1.29, 1.82) is 0 Å². The number of hydrogen-bond donors (Lipinski definition) is 1. The average Bonchev–Trinajstić information content (AvgIpc) is 1.67. The van der Waals surface area contributed by atoms with Gasteiger partial charge in [0.15, 0.2) is 0 Å². The minimum atomic E-state index is 0.0417. The van der Waals surface area contributed by atoms with Crippen LogP contribution in [0.1, 0.15) is 34.1 Å². The second kappa shape index (κ2) is 2.49. The van der Waals surface area contributed by atoms with Crippen LogP contribution in [0.3, 0.4) is 0 Å². The summed E-state index contributed by atoms with van der Waals surface area (Å²) in [4.78, 5) is 0. The van der Waals surface area contributed by atoms with Crippen LogP contribution in [0.5, 0.6) is 0 Å². The smallest absolute Gasteiger partial charge is 0.0146 e. The molecule has 0 unspecified atom stereocenters. The molecule has 0 heterocycles. The largest absolute Gasteiger partial charge is 0.325 e. The van der Waals surface area contributed by atoms with Crippen molar-refractivity contribution in [3.63, 3.8) is 0 Å². The van der Waals surface area contributed by atoms with Gasteiger partial charge in [0.1, 0.15) is 0 Å². The van der Waals surface area contributed by atoms with Gasteiger partial charge in [-0.2, -0.15) is 0 Å². The first kappa shape index (κ1) is 7.96. The van der Waals surface area contributed by atoms with Gasteiger partial charge < -0.3 is 5.73 Å². The van der Waals surface area contributed by atoms with E-state index in [-0.39, 0.29) is 5.54 Å². The van der Waals surface area contributed by atoms with Crippen LogP contribution in [0.25, 0.3) is 0 Å². The Morgan fingerprint density at radius 3 is 1.88 bits per heavy atom. The second-order valence-corrected chi connectivity index (χ2v) is 3.01. The summed E-state index contributed by atoms with van der Waals surface area (Å²) in [7, 11) is 0. The molecule has 0 aromatic carbocycles. The molecule has 0 aliphatic carbocycles. The first-order chi connectivity index (χ1) is 3.50. The predicted molar refractivity (Wildman–Crippen MR) is 37.7 cm³/mol. The Kier molecular flexibility index (Phi) is 2.48. The zero-order chi connectivity index (χ0) is 6.78. The van der Waals surface area contributed by atoms with E-state index < -0.39 is 0 Å². The Bertz CT molecular complexity index is 64.8. The van der Waals surface area contributed by atoms with Crippen molar-refractivity contribution in [2.24, 2.45) is 11.7 Å². The van der Waals surface area contributed by atoms with E-state index in [1.54, 1.807) is 0 Å². The summed E-state index contributed by atoms with van der Waals surface area (Å²) in [6.07, 6.45) is 1.06. The van der Waals surface area contributed by atoms with E-state index >= 15 is 0 Å². The third-order valence-corrected chi connectivity index (χ3v) is 2.08. The summed E-state index contributed by atoms with van der Waals surface area (Å²) in [5.74, 6) is 0.590. The summed E-state index contributed by atoms with van der Waals surface area (Å²) in [6.45, 7) is 8.53. The number of nitrogens with two attached hydrogens (primary N) is 1. The Hall–Kier alpha value is -0.0400. The molecule has 50 valence electrons. The Balaban J connectivity index is 3.71. The van der Waals surface area contributed by atoms with Crippen molar-refractivity contribution >= 4 is 0 Å². The standard InChI is InChI=1S/C7H17N/c1-5-7(4,8)6(2)3/h6H,5,8H2,1-4H3/t7-/m1/s1. The predicted octanol–water partition coefficient (Wildman–Crippen LogP) is 1.77. The van der Waals surface area contributed by atoms with Gasteiger partial charge in [-0.3, -0.25) is 0 Å². The zero-order valence-corrected chi connectivity index (χ0v) is 6.36. The SMILES string of the molecule is CC[C@@](C)(N)C(C)C. The van der Waals surface area contributed by atoms with Crippen LogP contribution in [-0.4, -0.2) is 5.54 Å². The average molecular weight is 115 g/mol. The van der Waals surface area contributed by atoms with Gasteiger partial charge in [0.2, 0.25) is 0 Å². The highest BCUT2D eigenvalue weighted by molar-refractivity contribution is 4.79. The molecule has 0 aromatic rings. The fourth-order valence-electron chi connectivity index (χ4n) is 0.408. The van der Waals surface area contributed by atoms with Gasteiger partial charge >= 0.3 is 0 Å². The molecule has 0 saturated heterocycles. The summed E-state index contributed by atoms with van der Waals surface area (Å²) >= 11 is 0. The Morgan fingerprint density at radius 1 is 1.50 bits per heavy atom. The van der Waals surface area contributed by atoms with Gasteiger partial charge in [-0.25, -0.2) is 0 Å². The third-order valence-electron chi connectivity index (χ3n) is 2.08. The molecule has 1 atom stereocenters. The summed E-state index contributed by atoms with van der Waals surface area (Å²) in [5.41, 5.74) is 5.90. The second-order valence-electron chi connectivity index (χ2n) is 3.01. The van der Waals surface area contributed by atoms with E-state index in [0.717, 1.165) is 6.42 Å². The summed E-state index contributed by atoms with van der Waals surface area (Å²) in [6, 6.07) is 0. The lowest BCUT2D eigenvalue weighted by atomic mass is 9.87. The van der Waals surface area contributed by atoms with Crippen LogP contribution < -0.4 is 5.73 Å². The molecule has 0 bridgehead atoms. The first-order valence-electron chi connectivity index (χ1n) is 3.29. The minimum Gasteiger partial charge on any atom is -0.325 e. The molecule has 0 aliphatic heterocycles. The number of rotatable bonds is 2. The van der Waals surface area contributed by atoms with Gasteiger partial charge in [0, 0.05) is 5.54 Å². The molecule has 1 heteroatoms. The van der Waals surface area contributed by atoms with Crippen LogP contribution in [0.4, 0.5) is 0 Å². The van der Waals surface area contributed by atoms with Crippen molar-refractivity contribution in [3.8, 4) is 0 Å². The molecule has 0 saturated carbocycles. The van der Waals surface area contributed by atoms with Crippen LogP contribution in [-0.2, 0) is 0 Å². The minimum absolute atomic E-state index is 0.0417. The van der Waals surface area contributed by atoms with E-state index in [2.05, 4.69) is 27.7 Å². The molecule has 1 nitrogen and oxygen atoms in total. The Morgan fingerprint density at radius 2 is 1.88 bits per heavy atom. The topological polar surface area (TPSA) is 26.0 Å². The maximum atomic E-state index is 5.86. The van der Waals surface area contributed by atoms with Gasteiger partial charge in [0.05, 0.1) is 0 Å². The van der Waals surface area contributed by atoms with Crippen molar-refractivity contribution < 1.29 is 0 Å². The van der Waals surface area contributed by atoms with Gasteiger partial charge in [-0.1, -0.05) is 20.8 Å². The molecule has 8 heavy (non-hydrogen) atoms. The van der Waals surface area contributed by atoms with Crippen molar-refractivity contribution in [2.75, 3.05) is 0 Å². The molecule has 0 aromatic heterocycles. The fraction of sp³-hybridized carbons (Fsp3) is 1.00. The molecule has 0 radical (unpaired) electrons. The summed E-state index contributed by atoms with van der Waals surface area (Å²) < 4.78 is 0. The fourth-order valence-corrected chi connectivity index (χ4v) is 0.408. The quantitative estimate of drug-likeness (QED) is 0.583. The van der Waals surface area contributed by atoms with E-state index in [9.17, 15) is 0 Å². The van der Waals surface area contributed by atoms with E-state index in [4.69, 9.17) is 5.73 Å². The van der Waals surface area contributed by atoms with Gasteiger partial charge in [0.25, 0.3) is 0 Å². The molecule has 0 rings (SSSR count). The van der Waals surface area contributed by atoms with Gasteiger partial charge in [-0.05, 0) is 19.3 Å². The highest BCUT2D eigenvalue weighted by Gasteiger charge is 2.19. The molecular weight excluding hydrogens is 98.1 g/mol. The number of hydrogen-bond acceptors (Lipinski definition) is 1. The maximum absolute atomic E-state index is 5.86. The lowest BCUT2D eigenvalue weighted by Gasteiger charge is -2.27. The Labute approximate surface area is 52.3 Å². The molecule has 0 aliphatic rings. The zero-order valence-electron chi connectivity index (χ0n) is 6.36. The van der Waals surface area contributed by atoms with Crippen LogP contribution in [0.15, 0.2) is 0 Å². The van der Waals surface area contributed by atoms with Crippen LogP contribution in [0.2, 0.25) is 0 Å². The van der Waals surface area contributed by atoms with Crippen molar-refractivity contribution in [1.82, 2.24) is 0 Å². The summed E-state index contributed by atoms with van der Waals surface area (Å²) in [5, 5.41) is 0. The van der Waals surface area contributed by atoms with E-state index in [1.165, 1.54) is 0 Å². The third kappa shape index (κ3) is 1.83. The molecule has 0 fully saturated rings. The van der Waals surface area contributed by atoms with E-state index in [1.807, 2.05) is 0 Å². The highest BCUT2D eigenvalue weighted by Crippen LogP contribution is 2.15. The maximum Gasteiger partial charge on any atom is 0.0146 e. The monoisotopic (exact) mass is 115 g/mol. The first-order valence-corrected chi connectivity index (χ1v) is 3.29. The molecule has 0 spiro atoms. The van der Waals surface area contributed by atoms with Crippen molar-refractivity contribution in [2.45, 2.75) is 39.7 Å². The molecular formula is C7H17N. The lowest BCUT2D eigenvalue weighted by molar-refractivity contribution is 0.329. The van der Waals surface area contributed by atoms with Gasteiger partial charge in [-0.15, -0.1) is 0 Å². The lowest BCUT2D eigenvalue weighted by Crippen LogP contribution is -2.40. The van der Waals surface area contributed by atoms with Crippen LogP contribution >= 0.6 is 0 Å².